The van der Waals surface area contributed by atoms with Gasteiger partial charge in [-0.2, -0.15) is 10.2 Å². The van der Waals surface area contributed by atoms with Crippen LogP contribution in [-0.2, 0) is 25.0 Å². The molecule has 198 valence electrons. The number of pyridine rings is 1. The maximum absolute atomic E-state index is 7.12. The Labute approximate surface area is 229 Å². The molecular formula is C30H25N7O3. The maximum atomic E-state index is 7.12. The number of para-hydroxylation sites is 1. The molecule has 10 nitrogen and oxygen atoms in total. The van der Waals surface area contributed by atoms with E-state index in [2.05, 4.69) is 16.1 Å². The van der Waals surface area contributed by atoms with Crippen molar-refractivity contribution in [3.05, 3.63) is 115 Å². The molecule has 4 aromatic heterocycles. The van der Waals surface area contributed by atoms with Gasteiger partial charge in [-0.05, 0) is 36.8 Å². The third kappa shape index (κ3) is 3.01. The van der Waals surface area contributed by atoms with Gasteiger partial charge in [0, 0.05) is 49.2 Å². The Hall–Kier alpha value is -4.25. The van der Waals surface area contributed by atoms with E-state index in [9.17, 15) is 0 Å². The lowest BCUT2D eigenvalue weighted by Gasteiger charge is -2.54. The van der Waals surface area contributed by atoms with Crippen molar-refractivity contribution in [3.8, 4) is 0 Å². The number of aromatic nitrogens is 7. The highest BCUT2D eigenvalue weighted by molar-refractivity contribution is 5.79. The summed E-state index contributed by atoms with van der Waals surface area (Å²) in [5.74, 6) is 0.538. The smallest absolute Gasteiger partial charge is 0.144 e. The molecule has 3 aliphatic heterocycles. The first-order valence-electron chi connectivity index (χ1n) is 13.4. The van der Waals surface area contributed by atoms with Crippen LogP contribution in [0.3, 0.4) is 0 Å². The summed E-state index contributed by atoms with van der Waals surface area (Å²) in [7, 11) is 0. The second kappa shape index (κ2) is 8.88. The molecule has 0 saturated carbocycles. The Morgan fingerprint density at radius 2 is 1.62 bits per heavy atom. The number of rotatable bonds is 6. The van der Waals surface area contributed by atoms with Crippen LogP contribution in [0, 0.1) is 0 Å². The summed E-state index contributed by atoms with van der Waals surface area (Å²) in [6, 6.07) is 17.8. The quantitative estimate of drug-likeness (QED) is 0.302. The number of epoxide rings is 1. The van der Waals surface area contributed by atoms with Gasteiger partial charge in [0.2, 0.25) is 0 Å². The van der Waals surface area contributed by atoms with E-state index in [4.69, 9.17) is 39.2 Å². The number of hydrogen-bond donors (Lipinski definition) is 0. The summed E-state index contributed by atoms with van der Waals surface area (Å²) in [6.07, 6.45) is 10.5. The van der Waals surface area contributed by atoms with E-state index in [-0.39, 0.29) is 18.8 Å². The van der Waals surface area contributed by atoms with E-state index in [1.165, 1.54) is 0 Å². The summed E-state index contributed by atoms with van der Waals surface area (Å²) in [5.41, 5.74) is -0.453. The van der Waals surface area contributed by atoms with Crippen molar-refractivity contribution in [1.29, 1.82) is 0 Å². The fourth-order valence-corrected chi connectivity index (χ4v) is 6.92. The monoisotopic (exact) mass is 531 g/mol. The molecule has 3 aliphatic rings. The highest BCUT2D eigenvalue weighted by Gasteiger charge is 2.82. The SMILES string of the molecule is c1cnc(C2(c3ccc4ccccc4n3)COC(C3CCO3)(C3CO3)C2(c2cnccn2)c2cccnn2)nc1. The van der Waals surface area contributed by atoms with Crippen molar-refractivity contribution in [3.63, 3.8) is 0 Å². The third-order valence-electron chi connectivity index (χ3n) is 8.63. The third-order valence-corrected chi connectivity index (χ3v) is 8.63. The van der Waals surface area contributed by atoms with Gasteiger partial charge >= 0.3 is 0 Å². The van der Waals surface area contributed by atoms with Crippen LogP contribution in [0.1, 0.15) is 29.3 Å². The van der Waals surface area contributed by atoms with Gasteiger partial charge in [-0.3, -0.25) is 15.0 Å². The average Bonchev–Trinajstić information content (AvgIpc) is 3.81. The topological polar surface area (TPSA) is 121 Å². The van der Waals surface area contributed by atoms with Gasteiger partial charge in [0.05, 0.1) is 41.9 Å². The van der Waals surface area contributed by atoms with Crippen LogP contribution in [0.25, 0.3) is 10.9 Å². The van der Waals surface area contributed by atoms with E-state index >= 15 is 0 Å². The average molecular weight is 532 g/mol. The lowest BCUT2D eigenvalue weighted by atomic mass is 9.50. The number of ether oxygens (including phenoxy) is 3. The van der Waals surface area contributed by atoms with Crippen molar-refractivity contribution < 1.29 is 14.2 Å². The van der Waals surface area contributed by atoms with E-state index < -0.39 is 16.4 Å². The van der Waals surface area contributed by atoms with Crippen molar-refractivity contribution in [2.75, 3.05) is 19.8 Å². The zero-order valence-electron chi connectivity index (χ0n) is 21.5. The van der Waals surface area contributed by atoms with Gasteiger partial charge in [-0.25, -0.2) is 9.97 Å². The van der Waals surface area contributed by atoms with Crippen molar-refractivity contribution >= 4 is 10.9 Å². The molecule has 8 rings (SSSR count). The first-order valence-corrected chi connectivity index (χ1v) is 13.4. The highest BCUT2D eigenvalue weighted by Crippen LogP contribution is 2.66. The van der Waals surface area contributed by atoms with E-state index in [1.807, 2.05) is 42.5 Å². The van der Waals surface area contributed by atoms with Gasteiger partial charge < -0.3 is 14.2 Å². The molecule has 5 aromatic rings. The molecule has 0 spiro atoms. The van der Waals surface area contributed by atoms with Crippen LogP contribution >= 0.6 is 0 Å². The molecular weight excluding hydrogens is 506 g/mol. The lowest BCUT2D eigenvalue weighted by Crippen LogP contribution is -2.70. The maximum Gasteiger partial charge on any atom is 0.144 e. The van der Waals surface area contributed by atoms with Crippen LogP contribution in [-0.4, -0.2) is 72.7 Å². The van der Waals surface area contributed by atoms with E-state index in [1.54, 1.807) is 43.2 Å². The second-order valence-electron chi connectivity index (χ2n) is 10.4. The molecule has 7 heterocycles. The largest absolute Gasteiger partial charge is 0.375 e. The minimum Gasteiger partial charge on any atom is -0.375 e. The highest BCUT2D eigenvalue weighted by atomic mass is 16.6. The molecule has 0 aliphatic carbocycles. The minimum atomic E-state index is -1.18. The Balaban J connectivity index is 1.56. The Morgan fingerprint density at radius 1 is 0.750 bits per heavy atom. The fourth-order valence-electron chi connectivity index (χ4n) is 6.92. The normalized spacial score (nSPS) is 31.1. The molecule has 0 N–H and O–H groups in total. The summed E-state index contributed by atoms with van der Waals surface area (Å²) in [4.78, 5) is 24.5. The van der Waals surface area contributed by atoms with Gasteiger partial charge in [-0.15, -0.1) is 0 Å². The van der Waals surface area contributed by atoms with Gasteiger partial charge in [0.25, 0.3) is 0 Å². The standard InChI is InChI=1S/C30H25N7O3/c1-2-6-21-20(5-1)8-9-22(36-21)28(27-33-11-4-12-34-27)19-40-30(26-18-39-26,25-10-16-38-25)29(28,23-7-3-13-35-37-23)24-17-31-14-15-32-24/h1-9,11-15,17,25-26H,10,16,18-19H2. The molecule has 40 heavy (non-hydrogen) atoms. The summed E-state index contributed by atoms with van der Waals surface area (Å²) in [5, 5.41) is 10.2. The lowest BCUT2D eigenvalue weighted by molar-refractivity contribution is -0.202. The molecule has 10 heteroatoms. The van der Waals surface area contributed by atoms with Gasteiger partial charge in [-0.1, -0.05) is 24.3 Å². The minimum absolute atomic E-state index is 0.190. The predicted octanol–water partition coefficient (Wildman–Crippen LogP) is 2.83. The van der Waals surface area contributed by atoms with E-state index in [0.29, 0.717) is 30.4 Å². The van der Waals surface area contributed by atoms with Crippen LogP contribution in [0.2, 0.25) is 0 Å². The van der Waals surface area contributed by atoms with Crippen LogP contribution in [0.4, 0.5) is 0 Å². The zero-order valence-corrected chi connectivity index (χ0v) is 21.5. The van der Waals surface area contributed by atoms with Crippen molar-refractivity contribution in [1.82, 2.24) is 35.1 Å². The summed E-state index contributed by atoms with van der Waals surface area (Å²) >= 11 is 0. The summed E-state index contributed by atoms with van der Waals surface area (Å²) in [6.45, 7) is 1.33. The molecule has 0 radical (unpaired) electrons. The number of nitrogens with zero attached hydrogens (tertiary/aromatic N) is 7. The van der Waals surface area contributed by atoms with E-state index in [0.717, 1.165) is 23.0 Å². The molecule has 1 aromatic carbocycles. The second-order valence-corrected chi connectivity index (χ2v) is 10.4. The van der Waals surface area contributed by atoms with Crippen molar-refractivity contribution in [2.45, 2.75) is 35.1 Å². The molecule has 3 saturated heterocycles. The van der Waals surface area contributed by atoms with Crippen molar-refractivity contribution in [2.24, 2.45) is 0 Å². The molecule has 0 amide bonds. The van der Waals surface area contributed by atoms with Gasteiger partial charge in [0.1, 0.15) is 28.4 Å². The predicted molar refractivity (Wildman–Crippen MR) is 142 cm³/mol. The number of hydrogen-bond acceptors (Lipinski definition) is 10. The first kappa shape index (κ1) is 23.6. The molecule has 5 unspecified atom stereocenters. The Bertz CT molecular complexity index is 1630. The Kier molecular flexibility index (Phi) is 5.25. The number of fused-ring (bicyclic) bond motifs is 1. The molecule has 5 atom stereocenters. The van der Waals surface area contributed by atoms with Gasteiger partial charge in [0.15, 0.2) is 0 Å². The Morgan fingerprint density at radius 3 is 2.35 bits per heavy atom. The van der Waals surface area contributed by atoms with Crippen LogP contribution in [0.15, 0.2) is 91.8 Å². The number of benzene rings is 1. The first-order chi connectivity index (χ1) is 19.8. The summed E-state index contributed by atoms with van der Waals surface area (Å²) < 4.78 is 19.5. The van der Waals surface area contributed by atoms with Crippen LogP contribution < -0.4 is 0 Å². The molecule has 3 fully saturated rings. The zero-order chi connectivity index (χ0) is 26.6. The molecule has 0 bridgehead atoms. The fraction of sp³-hybridized carbons (Fsp3) is 0.300. The van der Waals surface area contributed by atoms with Crippen LogP contribution in [0.5, 0.6) is 0 Å².